The van der Waals surface area contributed by atoms with Gasteiger partial charge in [-0.2, -0.15) is 11.8 Å². The lowest BCUT2D eigenvalue weighted by molar-refractivity contribution is -0.146. The van der Waals surface area contributed by atoms with Gasteiger partial charge in [-0.05, 0) is 18.4 Å². The molecular formula is C16H18O3S. The molecule has 0 radical (unpaired) electrons. The van der Waals surface area contributed by atoms with E-state index in [1.807, 2.05) is 18.2 Å². The molecule has 0 aromatic heterocycles. The standard InChI is InChI=1S/C16H18O3S/c1-2-19-16(18)15-13-11(17)8-12(14(13)15)20-9-10-6-4-3-5-7-10/h3-7,12-15H,2,8-9H2,1H3/t12?,13-,14?,15?/m0/s1. The Labute approximate surface area is 123 Å². The molecule has 2 fully saturated rings. The molecule has 2 aliphatic carbocycles. The number of hydrogen-bond donors (Lipinski definition) is 0. The Kier molecular flexibility index (Phi) is 3.83. The van der Waals surface area contributed by atoms with E-state index < -0.39 is 0 Å². The number of Topliss-reactive ketones (excluding diaryl/α,β-unsaturated/α-hetero) is 1. The highest BCUT2D eigenvalue weighted by Crippen LogP contribution is 2.59. The van der Waals surface area contributed by atoms with Gasteiger partial charge in [-0.1, -0.05) is 30.3 Å². The lowest BCUT2D eigenvalue weighted by atomic mass is 10.1. The first kappa shape index (κ1) is 13.7. The summed E-state index contributed by atoms with van der Waals surface area (Å²) in [5, 5.41) is 0.280. The number of hydrogen-bond acceptors (Lipinski definition) is 4. The van der Waals surface area contributed by atoms with Crippen molar-refractivity contribution in [3.8, 4) is 0 Å². The minimum absolute atomic E-state index is 0.0534. The molecule has 4 heteroatoms. The summed E-state index contributed by atoms with van der Waals surface area (Å²) >= 11 is 1.80. The van der Waals surface area contributed by atoms with E-state index in [9.17, 15) is 9.59 Å². The van der Waals surface area contributed by atoms with Crippen molar-refractivity contribution in [1.29, 1.82) is 0 Å². The summed E-state index contributed by atoms with van der Waals surface area (Å²) in [5.74, 6) is 0.971. The number of esters is 1. The van der Waals surface area contributed by atoms with Gasteiger partial charge < -0.3 is 4.74 Å². The summed E-state index contributed by atoms with van der Waals surface area (Å²) in [6, 6.07) is 10.2. The van der Waals surface area contributed by atoms with Crippen LogP contribution in [-0.4, -0.2) is 23.6 Å². The Bertz CT molecular complexity index is 514. The van der Waals surface area contributed by atoms with E-state index in [0.717, 1.165) is 5.75 Å². The number of ketones is 1. The minimum Gasteiger partial charge on any atom is -0.466 e. The van der Waals surface area contributed by atoms with E-state index in [4.69, 9.17) is 4.74 Å². The van der Waals surface area contributed by atoms with Crippen LogP contribution in [0.25, 0.3) is 0 Å². The fourth-order valence-corrected chi connectivity index (χ4v) is 4.61. The van der Waals surface area contributed by atoms with Crippen LogP contribution in [0.5, 0.6) is 0 Å². The van der Waals surface area contributed by atoms with Gasteiger partial charge in [0.15, 0.2) is 0 Å². The molecule has 3 unspecified atom stereocenters. The van der Waals surface area contributed by atoms with Crippen molar-refractivity contribution in [1.82, 2.24) is 0 Å². The smallest absolute Gasteiger partial charge is 0.310 e. The number of fused-ring (bicyclic) bond motifs is 1. The molecule has 3 rings (SSSR count). The molecule has 0 amide bonds. The van der Waals surface area contributed by atoms with E-state index in [2.05, 4.69) is 12.1 Å². The van der Waals surface area contributed by atoms with Crippen LogP contribution in [0.2, 0.25) is 0 Å². The highest BCUT2D eigenvalue weighted by atomic mass is 32.2. The van der Waals surface area contributed by atoms with Crippen molar-refractivity contribution < 1.29 is 14.3 Å². The number of carbonyl (C=O) groups excluding carboxylic acids is 2. The van der Waals surface area contributed by atoms with Crippen molar-refractivity contribution in [3.05, 3.63) is 35.9 Å². The minimum atomic E-state index is -0.180. The number of ether oxygens (including phenoxy) is 1. The molecule has 0 bridgehead atoms. The van der Waals surface area contributed by atoms with Gasteiger partial charge in [-0.3, -0.25) is 9.59 Å². The molecule has 4 atom stereocenters. The molecule has 2 aliphatic rings. The summed E-state index contributed by atoms with van der Waals surface area (Å²) in [4.78, 5) is 23.7. The predicted octanol–water partition coefficient (Wildman–Crippen LogP) is 2.69. The average Bonchev–Trinajstić information content (AvgIpc) is 3.12. The quantitative estimate of drug-likeness (QED) is 0.782. The molecule has 3 nitrogen and oxygen atoms in total. The molecule has 0 aliphatic heterocycles. The fraction of sp³-hybridized carbons (Fsp3) is 0.500. The van der Waals surface area contributed by atoms with Crippen LogP contribution in [0, 0.1) is 17.8 Å². The predicted molar refractivity (Wildman–Crippen MR) is 78.3 cm³/mol. The van der Waals surface area contributed by atoms with E-state index in [-0.39, 0.29) is 34.8 Å². The first-order valence-corrected chi connectivity index (χ1v) is 8.12. The van der Waals surface area contributed by atoms with Gasteiger partial charge >= 0.3 is 5.97 Å². The van der Waals surface area contributed by atoms with Crippen molar-refractivity contribution in [2.75, 3.05) is 6.61 Å². The summed E-state index contributed by atoms with van der Waals surface area (Å²) in [5.41, 5.74) is 1.27. The van der Waals surface area contributed by atoms with Crippen LogP contribution in [-0.2, 0) is 20.1 Å². The SMILES string of the molecule is CCOC(=O)C1C2C(SCc3ccccc3)CC(=O)[C@H]12. The first-order valence-electron chi connectivity index (χ1n) is 7.07. The molecule has 0 spiro atoms. The summed E-state index contributed by atoms with van der Waals surface area (Å²) in [6.07, 6.45) is 0.614. The van der Waals surface area contributed by atoms with E-state index >= 15 is 0 Å². The van der Waals surface area contributed by atoms with Gasteiger partial charge in [0.05, 0.1) is 12.5 Å². The lowest BCUT2D eigenvalue weighted by Gasteiger charge is -2.13. The van der Waals surface area contributed by atoms with Gasteiger partial charge in [-0.25, -0.2) is 0 Å². The third-order valence-electron chi connectivity index (χ3n) is 4.14. The zero-order valence-corrected chi connectivity index (χ0v) is 12.3. The number of carbonyl (C=O) groups is 2. The molecule has 1 aromatic rings. The normalized spacial score (nSPS) is 30.9. The van der Waals surface area contributed by atoms with Crippen LogP contribution in [0.3, 0.4) is 0 Å². The number of rotatable bonds is 5. The van der Waals surface area contributed by atoms with Crippen molar-refractivity contribution in [2.45, 2.75) is 24.3 Å². The van der Waals surface area contributed by atoms with Crippen molar-refractivity contribution in [3.63, 3.8) is 0 Å². The maximum Gasteiger partial charge on any atom is 0.310 e. The second kappa shape index (κ2) is 5.60. The first-order chi connectivity index (χ1) is 9.72. The van der Waals surface area contributed by atoms with Crippen LogP contribution in [0.4, 0.5) is 0 Å². The summed E-state index contributed by atoms with van der Waals surface area (Å²) in [6.45, 7) is 2.20. The maximum absolute atomic E-state index is 11.9. The Balaban J connectivity index is 1.59. The summed E-state index contributed by atoms with van der Waals surface area (Å²) < 4.78 is 5.06. The van der Waals surface area contributed by atoms with Crippen LogP contribution in [0.15, 0.2) is 30.3 Å². The Morgan fingerprint density at radius 3 is 2.80 bits per heavy atom. The Morgan fingerprint density at radius 2 is 2.10 bits per heavy atom. The Morgan fingerprint density at radius 1 is 1.35 bits per heavy atom. The van der Waals surface area contributed by atoms with Crippen LogP contribution in [0.1, 0.15) is 18.9 Å². The largest absolute Gasteiger partial charge is 0.466 e. The molecule has 1 aromatic carbocycles. The lowest BCUT2D eigenvalue weighted by Crippen LogP contribution is -2.17. The second-order valence-corrected chi connectivity index (χ2v) is 6.61. The van der Waals surface area contributed by atoms with Crippen LogP contribution < -0.4 is 0 Å². The van der Waals surface area contributed by atoms with Gasteiger partial charge in [0, 0.05) is 23.3 Å². The zero-order valence-electron chi connectivity index (χ0n) is 11.5. The fourth-order valence-electron chi connectivity index (χ4n) is 3.17. The molecule has 20 heavy (non-hydrogen) atoms. The highest BCUT2D eigenvalue weighted by Gasteiger charge is 2.66. The van der Waals surface area contributed by atoms with E-state index in [0.29, 0.717) is 13.0 Å². The molecule has 2 saturated carbocycles. The third-order valence-corrected chi connectivity index (χ3v) is 5.55. The third kappa shape index (κ3) is 2.49. The maximum atomic E-state index is 11.9. The zero-order chi connectivity index (χ0) is 14.1. The van der Waals surface area contributed by atoms with Gasteiger partial charge in [0.1, 0.15) is 5.78 Å². The monoisotopic (exact) mass is 290 g/mol. The molecule has 0 saturated heterocycles. The van der Waals surface area contributed by atoms with Crippen LogP contribution >= 0.6 is 11.8 Å². The molecule has 0 heterocycles. The molecular weight excluding hydrogens is 272 g/mol. The van der Waals surface area contributed by atoms with E-state index in [1.165, 1.54) is 5.56 Å². The second-order valence-electron chi connectivity index (χ2n) is 5.39. The highest BCUT2D eigenvalue weighted by molar-refractivity contribution is 7.99. The van der Waals surface area contributed by atoms with Gasteiger partial charge in [0.25, 0.3) is 0 Å². The molecule has 106 valence electrons. The topological polar surface area (TPSA) is 43.4 Å². The van der Waals surface area contributed by atoms with Gasteiger partial charge in [0.2, 0.25) is 0 Å². The average molecular weight is 290 g/mol. The number of benzene rings is 1. The Hall–Kier alpha value is -1.29. The van der Waals surface area contributed by atoms with E-state index in [1.54, 1.807) is 18.7 Å². The molecule has 0 N–H and O–H groups in total. The number of thioether (sulfide) groups is 1. The summed E-state index contributed by atoms with van der Waals surface area (Å²) in [7, 11) is 0. The van der Waals surface area contributed by atoms with Gasteiger partial charge in [-0.15, -0.1) is 0 Å². The van der Waals surface area contributed by atoms with Crippen molar-refractivity contribution >= 4 is 23.5 Å². The van der Waals surface area contributed by atoms with Crippen molar-refractivity contribution in [2.24, 2.45) is 17.8 Å².